The van der Waals surface area contributed by atoms with Gasteiger partial charge < -0.3 is 16.0 Å². The standard InChI is InChI=1S/C18H23ClIN5O2/c1-18(9-15(26)24(2)16(21)23-18)11-4-3-7-25(10-11)17(27)22-12-5-6-14(20)13(19)8-12/h5-6,8,11H,3-4,7,9-10H2,1-2H3,(H2,21,23)(H,22,27)/t11?,18-/m0/s1. The van der Waals surface area contributed by atoms with Crippen molar-refractivity contribution in [2.75, 3.05) is 25.5 Å². The molecule has 0 saturated carbocycles. The molecule has 0 bridgehead atoms. The van der Waals surface area contributed by atoms with Gasteiger partial charge in [0.05, 0.1) is 17.0 Å². The van der Waals surface area contributed by atoms with Crippen molar-refractivity contribution in [3.63, 3.8) is 0 Å². The molecule has 1 aromatic rings. The molecule has 27 heavy (non-hydrogen) atoms. The highest BCUT2D eigenvalue weighted by atomic mass is 127. The largest absolute Gasteiger partial charge is 0.369 e. The van der Waals surface area contributed by atoms with Gasteiger partial charge in [-0.1, -0.05) is 11.6 Å². The Morgan fingerprint density at radius 2 is 2.22 bits per heavy atom. The van der Waals surface area contributed by atoms with Crippen LogP contribution in [0.2, 0.25) is 5.02 Å². The van der Waals surface area contributed by atoms with Gasteiger partial charge in [-0.2, -0.15) is 0 Å². The van der Waals surface area contributed by atoms with Crippen LogP contribution in [0.4, 0.5) is 10.5 Å². The molecule has 3 N–H and O–H groups in total. The van der Waals surface area contributed by atoms with Crippen LogP contribution >= 0.6 is 34.2 Å². The van der Waals surface area contributed by atoms with Crippen LogP contribution in [0, 0.1) is 9.49 Å². The van der Waals surface area contributed by atoms with Gasteiger partial charge in [0.15, 0.2) is 5.96 Å². The normalized spacial score (nSPS) is 26.0. The van der Waals surface area contributed by atoms with Crippen LogP contribution in [0.1, 0.15) is 26.2 Å². The first-order valence-electron chi connectivity index (χ1n) is 8.82. The topological polar surface area (TPSA) is 91.0 Å². The van der Waals surface area contributed by atoms with Crippen LogP contribution in [0.5, 0.6) is 0 Å². The quantitative estimate of drug-likeness (QED) is 0.608. The minimum atomic E-state index is -0.585. The highest BCUT2D eigenvalue weighted by Crippen LogP contribution is 2.35. The lowest BCUT2D eigenvalue weighted by atomic mass is 9.77. The number of carbonyl (C=O) groups excluding carboxylic acids is 2. The second kappa shape index (κ2) is 7.83. The number of aliphatic imine (C=N–C) groups is 1. The Hall–Kier alpha value is -1.55. The minimum absolute atomic E-state index is 0.0416. The average molecular weight is 504 g/mol. The van der Waals surface area contributed by atoms with E-state index in [4.69, 9.17) is 17.3 Å². The predicted octanol–water partition coefficient (Wildman–Crippen LogP) is 3.12. The first kappa shape index (κ1) is 20.2. The van der Waals surface area contributed by atoms with E-state index in [9.17, 15) is 9.59 Å². The summed E-state index contributed by atoms with van der Waals surface area (Å²) in [5.41, 5.74) is 6.00. The monoisotopic (exact) mass is 503 g/mol. The summed E-state index contributed by atoms with van der Waals surface area (Å²) in [6.45, 7) is 3.16. The van der Waals surface area contributed by atoms with Crippen molar-refractivity contribution in [1.82, 2.24) is 9.80 Å². The summed E-state index contributed by atoms with van der Waals surface area (Å²) >= 11 is 8.27. The molecule has 2 aliphatic rings. The number of rotatable bonds is 2. The molecule has 0 aromatic heterocycles. The van der Waals surface area contributed by atoms with E-state index in [2.05, 4.69) is 32.9 Å². The van der Waals surface area contributed by atoms with Crippen molar-refractivity contribution in [3.05, 3.63) is 26.8 Å². The van der Waals surface area contributed by atoms with Crippen LogP contribution in [0.3, 0.4) is 0 Å². The smallest absolute Gasteiger partial charge is 0.321 e. The number of anilines is 1. The van der Waals surface area contributed by atoms with E-state index < -0.39 is 5.54 Å². The summed E-state index contributed by atoms with van der Waals surface area (Å²) in [6.07, 6.45) is 2.07. The number of carbonyl (C=O) groups is 2. The zero-order valence-electron chi connectivity index (χ0n) is 15.3. The van der Waals surface area contributed by atoms with E-state index in [0.29, 0.717) is 30.2 Å². The zero-order chi connectivity index (χ0) is 19.8. The Bertz CT molecular complexity index is 802. The molecule has 1 saturated heterocycles. The molecule has 0 spiro atoms. The van der Waals surface area contributed by atoms with Crippen molar-refractivity contribution in [2.45, 2.75) is 31.7 Å². The summed E-state index contributed by atoms with van der Waals surface area (Å²) in [5.74, 6) is 0.275. The van der Waals surface area contributed by atoms with E-state index in [1.54, 1.807) is 18.0 Å². The van der Waals surface area contributed by atoms with Crippen LogP contribution in [0.25, 0.3) is 0 Å². The molecule has 1 fully saturated rings. The first-order valence-corrected chi connectivity index (χ1v) is 10.3. The number of hydrogen-bond donors (Lipinski definition) is 2. The van der Waals surface area contributed by atoms with Crippen molar-refractivity contribution < 1.29 is 9.59 Å². The SMILES string of the molecule is CN1C(=O)C[C@@](C)(C2CCCN(C(=O)Nc3ccc(I)c(Cl)c3)C2)N=C1N. The van der Waals surface area contributed by atoms with E-state index in [0.717, 1.165) is 16.4 Å². The minimum Gasteiger partial charge on any atom is -0.369 e. The summed E-state index contributed by atoms with van der Waals surface area (Å²) in [6, 6.07) is 5.26. The molecule has 3 amide bonds. The third kappa shape index (κ3) is 4.31. The fraction of sp³-hybridized carbons (Fsp3) is 0.500. The molecule has 2 heterocycles. The van der Waals surface area contributed by atoms with Gasteiger partial charge in [0, 0.05) is 35.3 Å². The maximum absolute atomic E-state index is 12.7. The van der Waals surface area contributed by atoms with Gasteiger partial charge >= 0.3 is 6.03 Å². The Morgan fingerprint density at radius 1 is 1.48 bits per heavy atom. The Morgan fingerprint density at radius 3 is 2.89 bits per heavy atom. The van der Waals surface area contributed by atoms with Crippen LogP contribution in [-0.2, 0) is 4.79 Å². The van der Waals surface area contributed by atoms with Crippen molar-refractivity contribution in [1.29, 1.82) is 0 Å². The number of nitrogens with two attached hydrogens (primary N) is 1. The molecule has 1 aromatic carbocycles. The van der Waals surface area contributed by atoms with E-state index in [-0.39, 0.29) is 23.8 Å². The lowest BCUT2D eigenvalue weighted by Gasteiger charge is -2.43. The number of piperidine rings is 1. The van der Waals surface area contributed by atoms with Gasteiger partial charge in [-0.15, -0.1) is 0 Å². The second-order valence-corrected chi connectivity index (χ2v) is 8.87. The number of likely N-dealkylation sites (tertiary alicyclic amines) is 1. The first-order chi connectivity index (χ1) is 12.7. The molecule has 0 radical (unpaired) electrons. The number of guanidine groups is 1. The molecule has 146 valence electrons. The summed E-state index contributed by atoms with van der Waals surface area (Å²) in [5, 5.41) is 3.51. The Labute approximate surface area is 177 Å². The number of hydrogen-bond acceptors (Lipinski definition) is 4. The zero-order valence-corrected chi connectivity index (χ0v) is 18.2. The molecule has 7 nitrogen and oxygen atoms in total. The van der Waals surface area contributed by atoms with Crippen molar-refractivity contribution in [2.24, 2.45) is 16.6 Å². The molecule has 1 unspecified atom stereocenters. The van der Waals surface area contributed by atoms with Gasteiger partial charge in [-0.05, 0) is 60.6 Å². The molecule has 2 atom stereocenters. The number of nitrogens with zero attached hydrogens (tertiary/aromatic N) is 3. The van der Waals surface area contributed by atoms with Crippen molar-refractivity contribution in [3.8, 4) is 0 Å². The molecule has 0 aliphatic carbocycles. The second-order valence-electron chi connectivity index (χ2n) is 7.30. The highest BCUT2D eigenvalue weighted by Gasteiger charge is 2.43. The maximum Gasteiger partial charge on any atom is 0.321 e. The predicted molar refractivity (Wildman–Crippen MR) is 115 cm³/mol. The van der Waals surface area contributed by atoms with Gasteiger partial charge in [-0.3, -0.25) is 9.69 Å². The number of amides is 3. The molecule has 9 heteroatoms. The highest BCUT2D eigenvalue weighted by molar-refractivity contribution is 14.1. The van der Waals surface area contributed by atoms with Crippen LogP contribution < -0.4 is 11.1 Å². The number of urea groups is 1. The van der Waals surface area contributed by atoms with E-state index >= 15 is 0 Å². The van der Waals surface area contributed by atoms with Crippen LogP contribution in [0.15, 0.2) is 23.2 Å². The third-order valence-corrected chi connectivity index (χ3v) is 6.93. The lowest BCUT2D eigenvalue weighted by Crippen LogP contribution is -2.55. The summed E-state index contributed by atoms with van der Waals surface area (Å²) in [7, 11) is 1.63. The molecular weight excluding hydrogens is 481 g/mol. The third-order valence-electron chi connectivity index (χ3n) is 5.36. The van der Waals surface area contributed by atoms with Gasteiger partial charge in [0.25, 0.3) is 0 Å². The molecular formula is C18H23ClIN5O2. The van der Waals surface area contributed by atoms with E-state index in [1.807, 2.05) is 19.1 Å². The summed E-state index contributed by atoms with van der Waals surface area (Å²) in [4.78, 5) is 32.7. The number of nitrogens with one attached hydrogen (secondary N) is 1. The molecule has 2 aliphatic heterocycles. The Balaban J connectivity index is 1.71. The van der Waals surface area contributed by atoms with Crippen LogP contribution in [-0.4, -0.2) is 53.4 Å². The summed E-state index contributed by atoms with van der Waals surface area (Å²) < 4.78 is 0.931. The van der Waals surface area contributed by atoms with E-state index in [1.165, 1.54) is 4.90 Å². The maximum atomic E-state index is 12.7. The fourth-order valence-corrected chi connectivity index (χ4v) is 4.13. The average Bonchev–Trinajstić information content (AvgIpc) is 2.63. The number of halogens is 2. The van der Waals surface area contributed by atoms with Gasteiger partial charge in [-0.25, -0.2) is 9.79 Å². The van der Waals surface area contributed by atoms with Gasteiger partial charge in [0.1, 0.15) is 0 Å². The van der Waals surface area contributed by atoms with Crippen molar-refractivity contribution >= 4 is 57.8 Å². The fourth-order valence-electron chi connectivity index (χ4n) is 3.61. The Kier molecular flexibility index (Phi) is 5.85. The lowest BCUT2D eigenvalue weighted by molar-refractivity contribution is -0.129. The molecule has 3 rings (SSSR count). The number of benzene rings is 1. The van der Waals surface area contributed by atoms with Gasteiger partial charge in [0.2, 0.25) is 5.91 Å².